The number of nitrogens with zero attached hydrogens (tertiary/aromatic N) is 1. The minimum absolute atomic E-state index is 0.407. The van der Waals surface area contributed by atoms with Gasteiger partial charge in [-0.2, -0.15) is 0 Å². The smallest absolute Gasteiger partial charge is 0.325 e. The van der Waals surface area contributed by atoms with E-state index in [2.05, 4.69) is 10.6 Å². The van der Waals surface area contributed by atoms with Crippen molar-refractivity contribution in [2.45, 2.75) is 31.8 Å². The molecule has 0 bridgehead atoms. The van der Waals surface area contributed by atoms with Crippen LogP contribution < -0.4 is 20.1 Å². The van der Waals surface area contributed by atoms with Crippen LogP contribution in [-0.4, -0.2) is 42.5 Å². The summed E-state index contributed by atoms with van der Waals surface area (Å²) in [4.78, 5) is 39.5. The van der Waals surface area contributed by atoms with Crippen molar-refractivity contribution in [3.8, 4) is 11.5 Å². The lowest BCUT2D eigenvalue weighted by Crippen LogP contribution is -2.43. The topological polar surface area (TPSA) is 110 Å². The van der Waals surface area contributed by atoms with Crippen LogP contribution in [0.3, 0.4) is 0 Å². The Kier molecular flexibility index (Phi) is 5.39. The molecule has 0 aliphatic carbocycles. The normalized spacial score (nSPS) is 20.7. The van der Waals surface area contributed by atoms with Gasteiger partial charge in [-0.05, 0) is 43.7 Å². The van der Waals surface area contributed by atoms with Gasteiger partial charge in [-0.25, -0.2) is 4.79 Å². The second-order valence-electron chi connectivity index (χ2n) is 8.63. The van der Waals surface area contributed by atoms with Crippen molar-refractivity contribution >= 4 is 28.8 Å². The fourth-order valence-electron chi connectivity index (χ4n) is 4.23. The van der Waals surface area contributed by atoms with Crippen molar-refractivity contribution in [1.82, 2.24) is 15.5 Å². The Hall–Kier alpha value is -4.01. The van der Waals surface area contributed by atoms with E-state index in [1.807, 2.05) is 30.3 Å². The van der Waals surface area contributed by atoms with Crippen LogP contribution in [0.4, 0.5) is 4.79 Å². The molecular formula is C25H25N3O6. The molecule has 176 valence electrons. The molecule has 1 saturated heterocycles. The monoisotopic (exact) mass is 463 g/mol. The number of amides is 4. The molecule has 0 unspecified atom stereocenters. The van der Waals surface area contributed by atoms with E-state index in [0.717, 1.165) is 22.3 Å². The number of para-hydroxylation sites is 1. The summed E-state index contributed by atoms with van der Waals surface area (Å²) in [6.45, 7) is 4.04. The van der Waals surface area contributed by atoms with Gasteiger partial charge in [-0.3, -0.25) is 14.5 Å². The second-order valence-corrected chi connectivity index (χ2v) is 8.63. The number of rotatable bonds is 5. The first kappa shape index (κ1) is 21.8. The molecule has 0 saturated carbocycles. The maximum Gasteiger partial charge on any atom is 0.325 e. The van der Waals surface area contributed by atoms with Gasteiger partial charge in [0.15, 0.2) is 11.5 Å². The van der Waals surface area contributed by atoms with Gasteiger partial charge in [0.05, 0.1) is 19.3 Å². The van der Waals surface area contributed by atoms with Gasteiger partial charge in [0.2, 0.25) is 5.91 Å². The van der Waals surface area contributed by atoms with Gasteiger partial charge in [0.25, 0.3) is 5.91 Å². The Morgan fingerprint density at radius 2 is 1.88 bits per heavy atom. The molecule has 4 amide bonds. The van der Waals surface area contributed by atoms with Gasteiger partial charge in [0, 0.05) is 11.8 Å². The molecule has 0 radical (unpaired) electrons. The van der Waals surface area contributed by atoms with Crippen LogP contribution in [0.5, 0.6) is 11.5 Å². The van der Waals surface area contributed by atoms with Crippen LogP contribution in [0.1, 0.15) is 37.6 Å². The highest BCUT2D eigenvalue weighted by Crippen LogP contribution is 2.36. The summed E-state index contributed by atoms with van der Waals surface area (Å²) in [5.41, 5.74) is -0.0564. The second kappa shape index (κ2) is 8.40. The third-order valence-electron chi connectivity index (χ3n) is 6.15. The van der Waals surface area contributed by atoms with Crippen molar-refractivity contribution in [2.75, 3.05) is 19.8 Å². The maximum atomic E-state index is 13.3. The first-order valence-electron chi connectivity index (χ1n) is 11.2. The third-order valence-corrected chi connectivity index (χ3v) is 6.15. The van der Waals surface area contributed by atoms with Gasteiger partial charge < -0.3 is 24.5 Å². The average molecular weight is 463 g/mol. The highest BCUT2D eigenvalue weighted by Gasteiger charge is 2.49. The Balaban J connectivity index is 1.29. The lowest BCUT2D eigenvalue weighted by atomic mass is 9.91. The zero-order valence-corrected chi connectivity index (χ0v) is 18.9. The van der Waals surface area contributed by atoms with Crippen molar-refractivity contribution < 1.29 is 28.3 Å². The largest absolute Gasteiger partial charge is 0.490 e. The molecule has 2 aromatic carbocycles. The van der Waals surface area contributed by atoms with Crippen LogP contribution in [0.15, 0.2) is 52.9 Å². The van der Waals surface area contributed by atoms with E-state index in [4.69, 9.17) is 13.9 Å². The number of urea groups is 1. The molecule has 2 aliphatic rings. The van der Waals surface area contributed by atoms with E-state index in [9.17, 15) is 14.4 Å². The molecule has 2 N–H and O–H groups in total. The SMILES string of the molecule is C[C@H](NC(=O)CN1C(=O)N[C@](C)(c2ccc3c(c2)OCCCO3)C1=O)c1cc2ccccc2o1. The molecule has 2 atom stereocenters. The van der Waals surface area contributed by atoms with E-state index < -0.39 is 36.0 Å². The number of hydrogen-bond donors (Lipinski definition) is 2. The van der Waals surface area contributed by atoms with Crippen molar-refractivity contribution in [1.29, 1.82) is 0 Å². The quantitative estimate of drug-likeness (QED) is 0.562. The van der Waals surface area contributed by atoms with Gasteiger partial charge in [0.1, 0.15) is 23.4 Å². The van der Waals surface area contributed by atoms with E-state index in [1.54, 1.807) is 32.0 Å². The van der Waals surface area contributed by atoms with Crippen LogP contribution in [0.25, 0.3) is 11.0 Å². The fourth-order valence-corrected chi connectivity index (χ4v) is 4.23. The average Bonchev–Trinajstić information content (AvgIpc) is 3.23. The molecule has 3 aromatic rings. The van der Waals surface area contributed by atoms with Crippen molar-refractivity contribution in [3.63, 3.8) is 0 Å². The molecule has 1 fully saturated rings. The lowest BCUT2D eigenvalue weighted by molar-refractivity contribution is -0.135. The van der Waals surface area contributed by atoms with Gasteiger partial charge in [-0.1, -0.05) is 24.3 Å². The Morgan fingerprint density at radius 1 is 1.12 bits per heavy atom. The van der Waals surface area contributed by atoms with E-state index >= 15 is 0 Å². The van der Waals surface area contributed by atoms with E-state index in [-0.39, 0.29) is 0 Å². The van der Waals surface area contributed by atoms with Crippen LogP contribution >= 0.6 is 0 Å². The number of furan rings is 1. The van der Waals surface area contributed by atoms with E-state index in [0.29, 0.717) is 36.0 Å². The molecule has 1 aromatic heterocycles. The summed E-state index contributed by atoms with van der Waals surface area (Å²) < 4.78 is 17.2. The van der Waals surface area contributed by atoms with Gasteiger partial charge in [-0.15, -0.1) is 0 Å². The molecule has 9 heteroatoms. The molecule has 34 heavy (non-hydrogen) atoms. The molecule has 0 spiro atoms. The number of carbonyl (C=O) groups excluding carboxylic acids is 3. The standard InChI is InChI=1S/C25H25N3O6/c1-15(20-12-16-6-3-4-7-18(16)34-20)26-22(29)14-28-23(30)25(2,27-24(28)31)17-8-9-19-21(13-17)33-11-5-10-32-19/h3-4,6-9,12-13,15H,5,10-11,14H2,1-2H3,(H,26,29)(H,27,31)/t15-,25+/m0/s1. The number of fused-ring (bicyclic) bond motifs is 2. The van der Waals surface area contributed by atoms with Crippen LogP contribution in [0.2, 0.25) is 0 Å². The number of carbonyl (C=O) groups is 3. The zero-order valence-electron chi connectivity index (χ0n) is 18.9. The molecule has 2 aliphatic heterocycles. The predicted octanol–water partition coefficient (Wildman–Crippen LogP) is 3.24. The molecular weight excluding hydrogens is 438 g/mol. The van der Waals surface area contributed by atoms with Crippen molar-refractivity contribution in [3.05, 3.63) is 59.9 Å². The van der Waals surface area contributed by atoms with Gasteiger partial charge >= 0.3 is 6.03 Å². The van der Waals surface area contributed by atoms with Crippen molar-refractivity contribution in [2.24, 2.45) is 0 Å². The number of benzene rings is 2. The van der Waals surface area contributed by atoms with Crippen LogP contribution in [0, 0.1) is 0 Å². The first-order chi connectivity index (χ1) is 16.3. The lowest BCUT2D eigenvalue weighted by Gasteiger charge is -2.23. The number of hydrogen-bond acceptors (Lipinski definition) is 6. The van der Waals surface area contributed by atoms with Crippen LogP contribution in [-0.2, 0) is 15.1 Å². The number of nitrogens with one attached hydrogen (secondary N) is 2. The Labute approximate surface area is 196 Å². The third kappa shape index (κ3) is 3.83. The minimum atomic E-state index is -1.33. The fraction of sp³-hybridized carbons (Fsp3) is 0.320. The summed E-state index contributed by atoms with van der Waals surface area (Å²) in [5.74, 6) is 0.716. The Bertz CT molecular complexity index is 1250. The number of imide groups is 1. The summed E-state index contributed by atoms with van der Waals surface area (Å²) >= 11 is 0. The zero-order chi connectivity index (χ0) is 23.9. The number of ether oxygens (including phenoxy) is 2. The summed E-state index contributed by atoms with van der Waals surface area (Å²) in [7, 11) is 0. The predicted molar refractivity (Wildman–Crippen MR) is 122 cm³/mol. The minimum Gasteiger partial charge on any atom is -0.490 e. The summed E-state index contributed by atoms with van der Waals surface area (Å²) in [5, 5.41) is 6.45. The van der Waals surface area contributed by atoms with E-state index in [1.165, 1.54) is 0 Å². The summed E-state index contributed by atoms with van der Waals surface area (Å²) in [6.07, 6.45) is 0.756. The molecule has 5 rings (SSSR count). The highest BCUT2D eigenvalue weighted by molar-refractivity contribution is 6.09. The Morgan fingerprint density at radius 3 is 2.68 bits per heavy atom. The maximum absolute atomic E-state index is 13.3. The summed E-state index contributed by atoms with van der Waals surface area (Å²) in [6, 6.07) is 13.5. The highest BCUT2D eigenvalue weighted by atomic mass is 16.5. The molecule has 9 nitrogen and oxygen atoms in total. The molecule has 3 heterocycles. The first-order valence-corrected chi connectivity index (χ1v) is 11.2.